The number of hydrogen-bond acceptors (Lipinski definition) is 5. The standard InChI is InChI=1S/C24H29N3O5S/c1-18-16-26(17-23(32-18)20-6-4-3-5-7-20)24(29)21-8-10-22(11-9-21)33(30,31)27-14-12-25(13-15-27)19(2)28/h3-11,18,23H,12-17H2,1-2H3. The van der Waals surface area contributed by atoms with Gasteiger partial charge in [-0.1, -0.05) is 30.3 Å². The molecule has 33 heavy (non-hydrogen) atoms. The average molecular weight is 472 g/mol. The van der Waals surface area contributed by atoms with Crippen LogP contribution in [0.4, 0.5) is 0 Å². The van der Waals surface area contributed by atoms with Crippen LogP contribution in [0.2, 0.25) is 0 Å². The second kappa shape index (κ2) is 9.62. The van der Waals surface area contributed by atoms with E-state index in [4.69, 9.17) is 4.74 Å². The van der Waals surface area contributed by atoms with Crippen LogP contribution in [0.5, 0.6) is 0 Å². The van der Waals surface area contributed by atoms with Gasteiger partial charge in [-0.3, -0.25) is 9.59 Å². The number of piperazine rings is 1. The molecular weight excluding hydrogens is 442 g/mol. The predicted octanol–water partition coefficient (Wildman–Crippen LogP) is 2.14. The van der Waals surface area contributed by atoms with Gasteiger partial charge in [0.15, 0.2) is 0 Å². The normalized spacial score (nSPS) is 22.2. The monoisotopic (exact) mass is 471 g/mol. The van der Waals surface area contributed by atoms with E-state index < -0.39 is 10.0 Å². The Morgan fingerprint density at radius 2 is 1.52 bits per heavy atom. The summed E-state index contributed by atoms with van der Waals surface area (Å²) in [5, 5.41) is 0. The van der Waals surface area contributed by atoms with Crippen molar-refractivity contribution < 1.29 is 22.7 Å². The van der Waals surface area contributed by atoms with Crippen molar-refractivity contribution in [2.45, 2.75) is 31.0 Å². The maximum Gasteiger partial charge on any atom is 0.254 e. The summed E-state index contributed by atoms with van der Waals surface area (Å²) in [6.45, 7) is 5.61. The molecule has 8 nitrogen and oxygen atoms in total. The molecule has 2 heterocycles. The summed E-state index contributed by atoms with van der Waals surface area (Å²) >= 11 is 0. The number of carbonyl (C=O) groups is 2. The van der Waals surface area contributed by atoms with Crippen LogP contribution in [0.3, 0.4) is 0 Å². The highest BCUT2D eigenvalue weighted by atomic mass is 32.2. The number of amides is 2. The Bertz CT molecular complexity index is 1100. The molecule has 176 valence electrons. The number of carbonyl (C=O) groups excluding carboxylic acids is 2. The summed E-state index contributed by atoms with van der Waals surface area (Å²) in [6, 6.07) is 15.9. The summed E-state index contributed by atoms with van der Waals surface area (Å²) in [5.74, 6) is -0.202. The fraction of sp³-hybridized carbons (Fsp3) is 0.417. The maximum absolute atomic E-state index is 13.2. The molecule has 2 atom stereocenters. The number of rotatable bonds is 4. The average Bonchev–Trinajstić information content (AvgIpc) is 2.84. The van der Waals surface area contributed by atoms with E-state index in [0.717, 1.165) is 5.56 Å². The molecule has 0 saturated carbocycles. The first-order chi connectivity index (χ1) is 15.8. The summed E-state index contributed by atoms with van der Waals surface area (Å²) in [5.41, 5.74) is 1.46. The second-order valence-corrected chi connectivity index (χ2v) is 10.4. The third kappa shape index (κ3) is 5.10. The van der Waals surface area contributed by atoms with Crippen LogP contribution < -0.4 is 0 Å². The van der Waals surface area contributed by atoms with Crippen LogP contribution >= 0.6 is 0 Å². The number of morpholine rings is 1. The zero-order valence-corrected chi connectivity index (χ0v) is 19.7. The van der Waals surface area contributed by atoms with Crippen molar-refractivity contribution in [3.63, 3.8) is 0 Å². The van der Waals surface area contributed by atoms with E-state index in [-0.39, 0.29) is 42.0 Å². The first-order valence-corrected chi connectivity index (χ1v) is 12.5. The predicted molar refractivity (Wildman–Crippen MR) is 123 cm³/mol. The molecule has 2 aliphatic rings. The molecule has 2 aromatic rings. The molecular formula is C24H29N3O5S. The molecule has 2 aliphatic heterocycles. The van der Waals surface area contributed by atoms with Crippen LogP contribution in [0.15, 0.2) is 59.5 Å². The largest absolute Gasteiger partial charge is 0.367 e. The SMILES string of the molecule is CC(=O)N1CCN(S(=O)(=O)c2ccc(C(=O)N3CC(C)OC(c4ccccc4)C3)cc2)CC1. The molecule has 0 N–H and O–H groups in total. The molecule has 0 aliphatic carbocycles. The minimum Gasteiger partial charge on any atom is -0.367 e. The van der Waals surface area contributed by atoms with Crippen molar-refractivity contribution in [1.29, 1.82) is 0 Å². The molecule has 2 amide bonds. The summed E-state index contributed by atoms with van der Waals surface area (Å²) in [6.07, 6.45) is -0.312. The molecule has 2 saturated heterocycles. The first kappa shape index (κ1) is 23.4. The number of hydrogen-bond donors (Lipinski definition) is 0. The fourth-order valence-electron chi connectivity index (χ4n) is 4.31. The number of nitrogens with zero attached hydrogens (tertiary/aromatic N) is 3. The zero-order chi connectivity index (χ0) is 23.6. The van der Waals surface area contributed by atoms with E-state index in [1.165, 1.54) is 23.4 Å². The molecule has 2 fully saturated rings. The highest BCUT2D eigenvalue weighted by molar-refractivity contribution is 7.89. The molecule has 9 heteroatoms. The van der Waals surface area contributed by atoms with E-state index >= 15 is 0 Å². The molecule has 0 aromatic heterocycles. The third-order valence-corrected chi connectivity index (χ3v) is 8.05. The van der Waals surface area contributed by atoms with Crippen LogP contribution in [-0.2, 0) is 19.6 Å². The van der Waals surface area contributed by atoms with Crippen molar-refractivity contribution in [2.24, 2.45) is 0 Å². The number of ether oxygens (including phenoxy) is 1. The van der Waals surface area contributed by atoms with Crippen molar-refractivity contribution in [2.75, 3.05) is 39.3 Å². The van der Waals surface area contributed by atoms with Gasteiger partial charge in [-0.15, -0.1) is 0 Å². The molecule has 2 unspecified atom stereocenters. The van der Waals surface area contributed by atoms with Gasteiger partial charge in [-0.25, -0.2) is 8.42 Å². The molecule has 0 spiro atoms. The Morgan fingerprint density at radius 3 is 2.12 bits per heavy atom. The lowest BCUT2D eigenvalue weighted by Crippen LogP contribution is -2.49. The van der Waals surface area contributed by atoms with Gasteiger partial charge in [0.2, 0.25) is 15.9 Å². The number of benzene rings is 2. The Kier molecular flexibility index (Phi) is 6.83. The van der Waals surface area contributed by atoms with Crippen molar-refractivity contribution in [1.82, 2.24) is 14.1 Å². The van der Waals surface area contributed by atoms with Gasteiger partial charge in [0, 0.05) is 45.2 Å². The van der Waals surface area contributed by atoms with Crippen molar-refractivity contribution >= 4 is 21.8 Å². The van der Waals surface area contributed by atoms with E-state index in [0.29, 0.717) is 31.7 Å². The summed E-state index contributed by atoms with van der Waals surface area (Å²) in [4.78, 5) is 28.2. The van der Waals surface area contributed by atoms with E-state index in [2.05, 4.69) is 0 Å². The van der Waals surface area contributed by atoms with Gasteiger partial charge in [-0.2, -0.15) is 4.31 Å². The van der Waals surface area contributed by atoms with Crippen LogP contribution in [-0.4, -0.2) is 79.7 Å². The molecule has 2 aromatic carbocycles. The Balaban J connectivity index is 1.45. The van der Waals surface area contributed by atoms with Crippen molar-refractivity contribution in [3.05, 3.63) is 65.7 Å². The highest BCUT2D eigenvalue weighted by Gasteiger charge is 2.31. The lowest BCUT2D eigenvalue weighted by Gasteiger charge is -2.37. The van der Waals surface area contributed by atoms with Crippen molar-refractivity contribution in [3.8, 4) is 0 Å². The minimum atomic E-state index is -3.68. The van der Waals surface area contributed by atoms with E-state index in [1.54, 1.807) is 21.9 Å². The Hall–Kier alpha value is -2.75. The fourth-order valence-corrected chi connectivity index (χ4v) is 5.74. The molecule has 4 rings (SSSR count). The van der Waals surface area contributed by atoms with E-state index in [1.807, 2.05) is 37.3 Å². The van der Waals surface area contributed by atoms with Gasteiger partial charge >= 0.3 is 0 Å². The first-order valence-electron chi connectivity index (χ1n) is 11.1. The second-order valence-electron chi connectivity index (χ2n) is 8.49. The van der Waals surface area contributed by atoms with Crippen LogP contribution in [0.1, 0.15) is 35.9 Å². The minimum absolute atomic E-state index is 0.0538. The van der Waals surface area contributed by atoms with Crippen LogP contribution in [0, 0.1) is 0 Å². The molecule has 0 bridgehead atoms. The maximum atomic E-state index is 13.2. The quantitative estimate of drug-likeness (QED) is 0.682. The van der Waals surface area contributed by atoms with Crippen LogP contribution in [0.25, 0.3) is 0 Å². The highest BCUT2D eigenvalue weighted by Crippen LogP contribution is 2.26. The van der Waals surface area contributed by atoms with Gasteiger partial charge < -0.3 is 14.5 Å². The lowest BCUT2D eigenvalue weighted by molar-refractivity contribution is -0.129. The smallest absolute Gasteiger partial charge is 0.254 e. The van der Waals surface area contributed by atoms with Gasteiger partial charge in [0.1, 0.15) is 6.10 Å². The van der Waals surface area contributed by atoms with Gasteiger partial charge in [0.05, 0.1) is 17.5 Å². The Morgan fingerprint density at radius 1 is 0.879 bits per heavy atom. The van der Waals surface area contributed by atoms with E-state index in [9.17, 15) is 18.0 Å². The summed E-state index contributed by atoms with van der Waals surface area (Å²) in [7, 11) is -3.68. The Labute approximate surface area is 194 Å². The van der Waals surface area contributed by atoms with Gasteiger partial charge in [-0.05, 0) is 36.8 Å². The lowest BCUT2D eigenvalue weighted by atomic mass is 10.1. The van der Waals surface area contributed by atoms with Gasteiger partial charge in [0.25, 0.3) is 5.91 Å². The third-order valence-electron chi connectivity index (χ3n) is 6.14. The molecule has 0 radical (unpaired) electrons. The topological polar surface area (TPSA) is 87.2 Å². The summed E-state index contributed by atoms with van der Waals surface area (Å²) < 4.78 is 33.4. The number of sulfonamides is 1. The zero-order valence-electron chi connectivity index (χ0n) is 18.9.